The molecule has 0 bridgehead atoms. The summed E-state index contributed by atoms with van der Waals surface area (Å²) in [5, 5.41) is 0. The van der Waals surface area contributed by atoms with Crippen molar-refractivity contribution in [2.75, 3.05) is 0 Å². The lowest BCUT2D eigenvalue weighted by atomic mass is 10.3. The van der Waals surface area contributed by atoms with Gasteiger partial charge in [-0.2, -0.15) is 0 Å². The van der Waals surface area contributed by atoms with Crippen molar-refractivity contribution >= 4 is 23.2 Å². The lowest BCUT2D eigenvalue weighted by Gasteiger charge is -1.82. The van der Waals surface area contributed by atoms with Gasteiger partial charge in [-0.05, 0) is 30.4 Å². The number of furan rings is 1. The maximum Gasteiger partial charge on any atom is 0.131 e. The Morgan fingerprint density at radius 3 is 2.88 bits per heavy atom. The Kier molecular flexibility index (Phi) is 2.07. The van der Waals surface area contributed by atoms with Crippen LogP contribution in [0.25, 0.3) is 23.2 Å². The van der Waals surface area contributed by atoms with E-state index in [2.05, 4.69) is 9.97 Å². The van der Waals surface area contributed by atoms with Gasteiger partial charge in [0.25, 0.3) is 0 Å². The Labute approximate surface area is 92.4 Å². The molecule has 0 amide bonds. The second-order valence-electron chi connectivity index (χ2n) is 3.53. The van der Waals surface area contributed by atoms with Crippen LogP contribution in [-0.4, -0.2) is 9.97 Å². The zero-order valence-electron chi connectivity index (χ0n) is 8.55. The van der Waals surface area contributed by atoms with E-state index in [0.29, 0.717) is 0 Å². The molecule has 0 aliphatic rings. The third kappa shape index (κ3) is 1.63. The lowest BCUT2D eigenvalue weighted by molar-refractivity contribution is 0.567. The smallest absolute Gasteiger partial charge is 0.131 e. The van der Waals surface area contributed by atoms with Gasteiger partial charge in [0, 0.05) is 5.56 Å². The van der Waals surface area contributed by atoms with Gasteiger partial charge in [-0.15, -0.1) is 0 Å². The highest BCUT2D eigenvalue weighted by Crippen LogP contribution is 2.12. The number of aromatic amines is 1. The van der Waals surface area contributed by atoms with Crippen LogP contribution in [0.4, 0.5) is 0 Å². The summed E-state index contributed by atoms with van der Waals surface area (Å²) in [7, 11) is 0. The second-order valence-corrected chi connectivity index (χ2v) is 3.53. The molecule has 0 saturated carbocycles. The minimum absolute atomic E-state index is 0.849. The highest BCUT2D eigenvalue weighted by Gasteiger charge is 1.97. The van der Waals surface area contributed by atoms with Crippen LogP contribution in [0.5, 0.6) is 0 Å². The Hall–Kier alpha value is -2.29. The van der Waals surface area contributed by atoms with E-state index in [1.165, 1.54) is 0 Å². The minimum Gasteiger partial charge on any atom is -0.472 e. The Balaban J connectivity index is 1.95. The van der Waals surface area contributed by atoms with Crippen LogP contribution < -0.4 is 0 Å². The molecule has 2 heterocycles. The Morgan fingerprint density at radius 1 is 1.12 bits per heavy atom. The maximum absolute atomic E-state index is 4.98. The van der Waals surface area contributed by atoms with Crippen LogP contribution in [-0.2, 0) is 0 Å². The standard InChI is InChI=1S/C13H10N2O/c1-2-4-12-11(3-1)14-13(15-12)6-5-10-7-8-16-9-10/h1-9H,(H,14,15)/b6-5+. The fourth-order valence-electron chi connectivity index (χ4n) is 1.60. The number of hydrogen-bond acceptors (Lipinski definition) is 2. The van der Waals surface area contributed by atoms with Crippen LogP contribution >= 0.6 is 0 Å². The fraction of sp³-hybridized carbons (Fsp3) is 0. The second kappa shape index (κ2) is 3.70. The van der Waals surface area contributed by atoms with Crippen molar-refractivity contribution in [2.45, 2.75) is 0 Å². The Morgan fingerprint density at radius 2 is 2.06 bits per heavy atom. The number of para-hydroxylation sites is 2. The molecule has 3 heteroatoms. The highest BCUT2D eigenvalue weighted by molar-refractivity contribution is 5.78. The van der Waals surface area contributed by atoms with Crippen LogP contribution in [0.2, 0.25) is 0 Å². The van der Waals surface area contributed by atoms with Gasteiger partial charge in [-0.3, -0.25) is 0 Å². The van der Waals surface area contributed by atoms with Gasteiger partial charge in [0.1, 0.15) is 5.82 Å². The molecule has 1 aromatic carbocycles. The summed E-state index contributed by atoms with van der Waals surface area (Å²) in [5.74, 6) is 0.849. The van der Waals surface area contributed by atoms with Gasteiger partial charge in [-0.1, -0.05) is 12.1 Å². The van der Waals surface area contributed by atoms with E-state index < -0.39 is 0 Å². The number of nitrogens with zero attached hydrogens (tertiary/aromatic N) is 1. The van der Waals surface area contributed by atoms with Crippen molar-refractivity contribution < 1.29 is 4.42 Å². The molecule has 78 valence electrons. The van der Waals surface area contributed by atoms with Crippen LogP contribution in [0, 0.1) is 0 Å². The predicted molar refractivity (Wildman–Crippen MR) is 63.7 cm³/mol. The molecule has 3 aromatic rings. The molecule has 16 heavy (non-hydrogen) atoms. The van der Waals surface area contributed by atoms with Crippen molar-refractivity contribution in [3.05, 3.63) is 54.2 Å². The van der Waals surface area contributed by atoms with Crippen molar-refractivity contribution in [2.24, 2.45) is 0 Å². The molecule has 0 spiro atoms. The van der Waals surface area contributed by atoms with E-state index in [9.17, 15) is 0 Å². The number of H-pyrrole nitrogens is 1. The number of fused-ring (bicyclic) bond motifs is 1. The molecular formula is C13H10N2O. The summed E-state index contributed by atoms with van der Waals surface area (Å²) in [4.78, 5) is 7.67. The van der Waals surface area contributed by atoms with Crippen molar-refractivity contribution in [3.63, 3.8) is 0 Å². The third-order valence-corrected chi connectivity index (χ3v) is 2.38. The van der Waals surface area contributed by atoms with Crippen molar-refractivity contribution in [3.8, 4) is 0 Å². The summed E-state index contributed by atoms with van der Waals surface area (Å²) in [6.07, 6.45) is 7.24. The lowest BCUT2D eigenvalue weighted by Crippen LogP contribution is -1.72. The molecule has 0 saturated heterocycles. The van der Waals surface area contributed by atoms with Gasteiger partial charge in [-0.25, -0.2) is 4.98 Å². The molecule has 0 aliphatic carbocycles. The number of aromatic nitrogens is 2. The fourth-order valence-corrected chi connectivity index (χ4v) is 1.60. The van der Waals surface area contributed by atoms with Crippen LogP contribution in [0.1, 0.15) is 11.4 Å². The summed E-state index contributed by atoms with van der Waals surface area (Å²) in [6.45, 7) is 0. The SMILES string of the molecule is C(=C\c1nc2ccccc2[nH]1)/c1ccoc1. The molecule has 0 atom stereocenters. The average Bonchev–Trinajstić information content (AvgIpc) is 2.95. The molecule has 2 aromatic heterocycles. The third-order valence-electron chi connectivity index (χ3n) is 2.38. The average molecular weight is 210 g/mol. The van der Waals surface area contributed by atoms with Gasteiger partial charge in [0.05, 0.1) is 23.6 Å². The summed E-state index contributed by atoms with van der Waals surface area (Å²) < 4.78 is 4.98. The first-order valence-corrected chi connectivity index (χ1v) is 5.07. The number of imidazole rings is 1. The molecule has 0 radical (unpaired) electrons. The van der Waals surface area contributed by atoms with Crippen molar-refractivity contribution in [1.82, 2.24) is 9.97 Å². The highest BCUT2D eigenvalue weighted by atomic mass is 16.3. The van der Waals surface area contributed by atoms with E-state index in [0.717, 1.165) is 22.4 Å². The zero-order chi connectivity index (χ0) is 10.8. The number of nitrogens with one attached hydrogen (secondary N) is 1. The molecular weight excluding hydrogens is 200 g/mol. The minimum atomic E-state index is 0.849. The topological polar surface area (TPSA) is 41.8 Å². The van der Waals surface area contributed by atoms with Crippen LogP contribution in [0.15, 0.2) is 47.3 Å². The maximum atomic E-state index is 4.98. The van der Waals surface area contributed by atoms with E-state index in [-0.39, 0.29) is 0 Å². The first kappa shape index (κ1) is 8.97. The quantitative estimate of drug-likeness (QED) is 0.704. The summed E-state index contributed by atoms with van der Waals surface area (Å²) in [5.41, 5.74) is 3.06. The number of benzene rings is 1. The van der Waals surface area contributed by atoms with Gasteiger partial charge >= 0.3 is 0 Å². The molecule has 3 rings (SSSR count). The van der Waals surface area contributed by atoms with Crippen molar-refractivity contribution in [1.29, 1.82) is 0 Å². The molecule has 0 aliphatic heterocycles. The zero-order valence-corrected chi connectivity index (χ0v) is 8.55. The summed E-state index contributed by atoms with van der Waals surface area (Å²) >= 11 is 0. The predicted octanol–water partition coefficient (Wildman–Crippen LogP) is 3.33. The first-order chi connectivity index (χ1) is 7.92. The van der Waals surface area contributed by atoms with Gasteiger partial charge in [0.2, 0.25) is 0 Å². The van der Waals surface area contributed by atoms with E-state index >= 15 is 0 Å². The normalized spacial score (nSPS) is 11.5. The van der Waals surface area contributed by atoms with Gasteiger partial charge < -0.3 is 9.40 Å². The monoisotopic (exact) mass is 210 g/mol. The van der Waals surface area contributed by atoms with E-state index in [4.69, 9.17) is 4.42 Å². The van der Waals surface area contributed by atoms with Gasteiger partial charge in [0.15, 0.2) is 0 Å². The van der Waals surface area contributed by atoms with Crippen LogP contribution in [0.3, 0.4) is 0 Å². The molecule has 1 N–H and O–H groups in total. The molecule has 0 unspecified atom stereocenters. The number of hydrogen-bond donors (Lipinski definition) is 1. The van der Waals surface area contributed by atoms with E-state index in [1.54, 1.807) is 12.5 Å². The largest absolute Gasteiger partial charge is 0.472 e. The molecule has 0 fully saturated rings. The number of rotatable bonds is 2. The Bertz CT molecular complexity index is 587. The summed E-state index contributed by atoms with van der Waals surface area (Å²) in [6, 6.07) is 9.87. The van der Waals surface area contributed by atoms with E-state index in [1.807, 2.05) is 42.5 Å². The molecule has 3 nitrogen and oxygen atoms in total. The first-order valence-electron chi connectivity index (χ1n) is 5.07.